The molecule has 1 aromatic heterocycles. The zero-order valence-electron chi connectivity index (χ0n) is 17.2. The van der Waals surface area contributed by atoms with E-state index >= 15 is 0 Å². The van der Waals surface area contributed by atoms with Gasteiger partial charge in [-0.2, -0.15) is 0 Å². The topological polar surface area (TPSA) is 65.5 Å². The number of nitrogens with one attached hydrogen (secondary N) is 1. The van der Waals surface area contributed by atoms with Crippen molar-refractivity contribution in [3.05, 3.63) is 71.0 Å². The van der Waals surface area contributed by atoms with E-state index in [9.17, 15) is 14.0 Å². The van der Waals surface area contributed by atoms with Crippen molar-refractivity contribution in [1.29, 1.82) is 0 Å². The number of thiazole rings is 1. The Labute approximate surface area is 184 Å². The van der Waals surface area contributed by atoms with Crippen molar-refractivity contribution in [1.82, 2.24) is 14.8 Å². The highest BCUT2D eigenvalue weighted by Crippen LogP contribution is 2.29. The Morgan fingerprint density at radius 3 is 2.39 bits per heavy atom. The van der Waals surface area contributed by atoms with Crippen molar-refractivity contribution >= 4 is 28.8 Å². The minimum Gasteiger partial charge on any atom is -0.335 e. The van der Waals surface area contributed by atoms with Crippen LogP contribution in [0, 0.1) is 12.7 Å². The fourth-order valence-corrected chi connectivity index (χ4v) is 4.53. The zero-order chi connectivity index (χ0) is 21.8. The van der Waals surface area contributed by atoms with Crippen LogP contribution in [0.25, 0.3) is 10.6 Å². The molecule has 1 aliphatic rings. The van der Waals surface area contributed by atoms with Crippen LogP contribution >= 0.6 is 11.3 Å². The first-order chi connectivity index (χ1) is 15.0. The van der Waals surface area contributed by atoms with E-state index in [0.717, 1.165) is 11.3 Å². The lowest BCUT2D eigenvalue weighted by atomic mass is 10.2. The van der Waals surface area contributed by atoms with Crippen LogP contribution in [-0.2, 0) is 4.79 Å². The lowest BCUT2D eigenvalue weighted by molar-refractivity contribution is -0.117. The molecule has 1 aliphatic heterocycles. The molecule has 0 bridgehead atoms. The van der Waals surface area contributed by atoms with Gasteiger partial charge in [0.15, 0.2) is 0 Å². The first-order valence-electron chi connectivity index (χ1n) is 10.1. The Morgan fingerprint density at radius 1 is 1.03 bits per heavy atom. The van der Waals surface area contributed by atoms with Gasteiger partial charge in [0, 0.05) is 37.4 Å². The molecule has 0 saturated carbocycles. The van der Waals surface area contributed by atoms with Crippen LogP contribution in [0.5, 0.6) is 0 Å². The van der Waals surface area contributed by atoms with Gasteiger partial charge in [0.2, 0.25) is 5.91 Å². The molecule has 0 aliphatic carbocycles. The van der Waals surface area contributed by atoms with Crippen molar-refractivity contribution in [2.75, 3.05) is 38.0 Å². The van der Waals surface area contributed by atoms with E-state index in [1.165, 1.54) is 23.5 Å². The Hall–Kier alpha value is -3.10. The van der Waals surface area contributed by atoms with Crippen LogP contribution in [-0.4, -0.2) is 59.3 Å². The summed E-state index contributed by atoms with van der Waals surface area (Å²) in [4.78, 5) is 34.3. The van der Waals surface area contributed by atoms with Crippen molar-refractivity contribution < 1.29 is 14.0 Å². The van der Waals surface area contributed by atoms with Gasteiger partial charge < -0.3 is 10.2 Å². The van der Waals surface area contributed by atoms with Crippen LogP contribution in [0.3, 0.4) is 0 Å². The molecule has 160 valence electrons. The predicted octanol–water partition coefficient (Wildman–Crippen LogP) is 3.65. The Bertz CT molecular complexity index is 1060. The molecular weight excluding hydrogens is 415 g/mol. The fourth-order valence-electron chi connectivity index (χ4n) is 3.49. The van der Waals surface area contributed by atoms with E-state index in [2.05, 4.69) is 10.3 Å². The number of aryl methyl sites for hydroxylation is 1. The predicted molar refractivity (Wildman–Crippen MR) is 120 cm³/mol. The monoisotopic (exact) mass is 438 g/mol. The van der Waals surface area contributed by atoms with Crippen molar-refractivity contribution in [3.63, 3.8) is 0 Å². The number of rotatable bonds is 5. The molecule has 4 rings (SSSR count). The molecule has 0 radical (unpaired) electrons. The van der Waals surface area contributed by atoms with E-state index < -0.39 is 0 Å². The summed E-state index contributed by atoms with van der Waals surface area (Å²) >= 11 is 1.33. The third-order valence-electron chi connectivity index (χ3n) is 5.17. The highest BCUT2D eigenvalue weighted by Gasteiger charge is 2.26. The van der Waals surface area contributed by atoms with Crippen LogP contribution < -0.4 is 5.32 Å². The molecular formula is C23H23FN4O2S. The maximum absolute atomic E-state index is 13.2. The summed E-state index contributed by atoms with van der Waals surface area (Å²) in [6.45, 7) is 4.50. The van der Waals surface area contributed by atoms with Gasteiger partial charge in [0.25, 0.3) is 5.91 Å². The second-order valence-corrected chi connectivity index (χ2v) is 8.42. The number of anilines is 1. The maximum Gasteiger partial charge on any atom is 0.265 e. The number of aromatic nitrogens is 1. The lowest BCUT2D eigenvalue weighted by Crippen LogP contribution is -2.50. The lowest BCUT2D eigenvalue weighted by Gasteiger charge is -2.34. The molecule has 2 heterocycles. The summed E-state index contributed by atoms with van der Waals surface area (Å²) in [6, 6.07) is 15.5. The number of hydrogen-bond acceptors (Lipinski definition) is 5. The second-order valence-electron chi connectivity index (χ2n) is 7.42. The number of carbonyl (C=O) groups excluding carboxylic acids is 2. The number of benzene rings is 2. The van der Waals surface area contributed by atoms with Crippen molar-refractivity contribution in [2.24, 2.45) is 0 Å². The van der Waals surface area contributed by atoms with Gasteiger partial charge in [-0.25, -0.2) is 9.37 Å². The molecule has 1 fully saturated rings. The van der Waals surface area contributed by atoms with Gasteiger partial charge in [-0.15, -0.1) is 11.3 Å². The van der Waals surface area contributed by atoms with Gasteiger partial charge >= 0.3 is 0 Å². The average Bonchev–Trinajstić information content (AvgIpc) is 3.16. The molecule has 1 N–H and O–H groups in total. The number of para-hydroxylation sites is 1. The minimum absolute atomic E-state index is 0.0447. The van der Waals surface area contributed by atoms with E-state index in [4.69, 9.17) is 0 Å². The van der Waals surface area contributed by atoms with Crippen LogP contribution in [0.15, 0.2) is 54.6 Å². The van der Waals surface area contributed by atoms with Gasteiger partial charge in [-0.3, -0.25) is 14.5 Å². The fraction of sp³-hybridized carbons (Fsp3) is 0.261. The number of amides is 2. The number of nitrogens with zero attached hydrogens (tertiary/aromatic N) is 3. The zero-order valence-corrected chi connectivity index (χ0v) is 18.0. The summed E-state index contributed by atoms with van der Waals surface area (Å²) in [5.41, 5.74) is 2.25. The molecule has 6 nitrogen and oxygen atoms in total. The number of piperazine rings is 1. The second kappa shape index (κ2) is 9.36. The van der Waals surface area contributed by atoms with E-state index in [1.807, 2.05) is 42.2 Å². The third kappa shape index (κ3) is 5.15. The summed E-state index contributed by atoms with van der Waals surface area (Å²) in [5.74, 6) is -0.409. The smallest absolute Gasteiger partial charge is 0.265 e. The quantitative estimate of drug-likeness (QED) is 0.660. The SMILES string of the molecule is Cc1nc(-c2ccc(F)cc2)sc1C(=O)N1CCN(CC(=O)Nc2ccccc2)CC1. The van der Waals surface area contributed by atoms with Crippen LogP contribution in [0.4, 0.5) is 10.1 Å². The third-order valence-corrected chi connectivity index (χ3v) is 6.36. The molecule has 2 amide bonds. The van der Waals surface area contributed by atoms with Crippen molar-refractivity contribution in [2.45, 2.75) is 6.92 Å². The van der Waals surface area contributed by atoms with Crippen LogP contribution in [0.1, 0.15) is 15.4 Å². The number of carbonyl (C=O) groups is 2. The van der Waals surface area contributed by atoms with Gasteiger partial charge in [-0.05, 0) is 43.3 Å². The van der Waals surface area contributed by atoms with Gasteiger partial charge in [0.05, 0.1) is 12.2 Å². The molecule has 3 aromatic rings. The van der Waals surface area contributed by atoms with E-state index in [0.29, 0.717) is 48.3 Å². The molecule has 8 heteroatoms. The van der Waals surface area contributed by atoms with E-state index in [-0.39, 0.29) is 17.6 Å². The average molecular weight is 439 g/mol. The highest BCUT2D eigenvalue weighted by atomic mass is 32.1. The Morgan fingerprint density at radius 2 is 1.71 bits per heavy atom. The first kappa shape index (κ1) is 21.1. The summed E-state index contributed by atoms with van der Waals surface area (Å²) in [5, 5.41) is 3.59. The van der Waals surface area contributed by atoms with Crippen LogP contribution in [0.2, 0.25) is 0 Å². The maximum atomic E-state index is 13.2. The van der Waals surface area contributed by atoms with E-state index in [1.54, 1.807) is 17.0 Å². The normalized spacial score (nSPS) is 14.5. The Balaban J connectivity index is 1.33. The molecule has 2 aromatic carbocycles. The van der Waals surface area contributed by atoms with Gasteiger partial charge in [0.1, 0.15) is 15.7 Å². The van der Waals surface area contributed by atoms with Gasteiger partial charge in [-0.1, -0.05) is 18.2 Å². The Kier molecular flexibility index (Phi) is 6.39. The highest BCUT2D eigenvalue weighted by molar-refractivity contribution is 7.17. The minimum atomic E-state index is -0.302. The summed E-state index contributed by atoms with van der Waals surface area (Å²) in [7, 11) is 0. The molecule has 0 spiro atoms. The molecule has 0 unspecified atom stereocenters. The molecule has 31 heavy (non-hydrogen) atoms. The number of halogens is 1. The largest absolute Gasteiger partial charge is 0.335 e. The summed E-state index contributed by atoms with van der Waals surface area (Å²) in [6.07, 6.45) is 0. The summed E-state index contributed by atoms with van der Waals surface area (Å²) < 4.78 is 13.2. The first-order valence-corrected chi connectivity index (χ1v) is 10.9. The molecule has 1 saturated heterocycles. The molecule has 0 atom stereocenters. The van der Waals surface area contributed by atoms with Crippen molar-refractivity contribution in [3.8, 4) is 10.6 Å². The standard InChI is InChI=1S/C23H23FN4O2S/c1-16-21(31-22(25-16)17-7-9-18(24)10-8-17)23(30)28-13-11-27(12-14-28)15-20(29)26-19-5-3-2-4-6-19/h2-10H,11-15H2,1H3,(H,26,29). The number of hydrogen-bond donors (Lipinski definition) is 1.